The molecule has 51 heavy (non-hydrogen) atoms. The second-order valence-corrected chi connectivity index (χ2v) is 12.7. The second-order valence-electron chi connectivity index (χ2n) is 12.7. The molecule has 0 unspecified atom stereocenters. The molecule has 0 aliphatic rings. The van der Waals surface area contributed by atoms with E-state index < -0.39 is 0 Å². The fourth-order valence-corrected chi connectivity index (χ4v) is 7.55. The third-order valence-corrected chi connectivity index (χ3v) is 9.80. The summed E-state index contributed by atoms with van der Waals surface area (Å²) >= 11 is 0. The van der Waals surface area contributed by atoms with E-state index in [4.69, 9.17) is 9.73 Å². The van der Waals surface area contributed by atoms with Crippen LogP contribution in [0.2, 0.25) is 0 Å². The fourth-order valence-electron chi connectivity index (χ4n) is 7.55. The van der Waals surface area contributed by atoms with Crippen molar-refractivity contribution in [2.75, 3.05) is 0 Å². The summed E-state index contributed by atoms with van der Waals surface area (Å²) in [7, 11) is 0. The van der Waals surface area contributed by atoms with E-state index >= 15 is 0 Å². The second kappa shape index (κ2) is 12.3. The Morgan fingerprint density at radius 2 is 1.10 bits per heavy atom. The summed E-state index contributed by atoms with van der Waals surface area (Å²) in [6, 6.07) is 58.4. The van der Waals surface area contributed by atoms with Gasteiger partial charge < -0.3 is 19.4 Å². The van der Waals surface area contributed by atoms with Crippen LogP contribution in [-0.4, -0.2) is 9.67 Å². The maximum absolute atomic E-state index is 11.7. The Morgan fingerprint density at radius 3 is 1.82 bits per heavy atom. The van der Waals surface area contributed by atoms with Crippen LogP contribution in [0.3, 0.4) is 0 Å². The van der Waals surface area contributed by atoms with Crippen LogP contribution in [0.15, 0.2) is 174 Å². The molecule has 10 rings (SSSR count). The minimum absolute atomic E-state index is 0. The van der Waals surface area contributed by atoms with Crippen LogP contribution in [-0.2, 0) is 18.6 Å². The zero-order valence-corrected chi connectivity index (χ0v) is 28.8. The van der Waals surface area contributed by atoms with Crippen molar-refractivity contribution in [3.63, 3.8) is 0 Å². The molecule has 10 aromatic rings. The van der Waals surface area contributed by atoms with Crippen LogP contribution < -0.4 is 0 Å². The first kappa shape index (κ1) is 30.8. The van der Waals surface area contributed by atoms with Gasteiger partial charge in [-0.25, -0.2) is 0 Å². The summed E-state index contributed by atoms with van der Waals surface area (Å²) in [4.78, 5) is 0. The number of hydrogen-bond acceptors (Lipinski definition) is 2. The molecule has 5 heteroatoms. The quantitative estimate of drug-likeness (QED) is 0.195. The predicted molar refractivity (Wildman–Crippen MR) is 207 cm³/mol. The summed E-state index contributed by atoms with van der Waals surface area (Å²) in [5.41, 5.74) is 10.3. The number of fused-ring (bicyclic) bond motifs is 8. The predicted octanol–water partition coefficient (Wildman–Crippen LogP) is 13.2. The van der Waals surface area contributed by atoms with Gasteiger partial charge in [0.15, 0.2) is 0 Å². The first-order chi connectivity index (χ1) is 24.7. The number of phenols is 1. The zero-order valence-electron chi connectivity index (χ0n) is 27.4. The van der Waals surface area contributed by atoms with Crippen molar-refractivity contribution in [1.29, 1.82) is 0 Å². The number of benzene rings is 8. The molecule has 2 aromatic heterocycles. The normalized spacial score (nSPS) is 11.5. The minimum Gasteiger partial charge on any atom is -0.655 e. The maximum Gasteiger partial charge on any atom is 0.146 e. The van der Waals surface area contributed by atoms with E-state index in [0.717, 1.165) is 39.0 Å². The molecule has 0 saturated carbocycles. The van der Waals surface area contributed by atoms with Crippen LogP contribution in [0.1, 0.15) is 0 Å². The number of hydrogen-bond donors (Lipinski definition) is 1. The summed E-state index contributed by atoms with van der Waals surface area (Å²) in [5, 5.41) is 23.0. The van der Waals surface area contributed by atoms with E-state index in [-0.39, 0.29) is 24.3 Å². The average Bonchev–Trinajstić information content (AvgIpc) is 3.73. The Bertz CT molecular complexity index is 2890. The third-order valence-electron chi connectivity index (χ3n) is 9.80. The van der Waals surface area contributed by atoms with E-state index in [2.05, 4.69) is 114 Å². The van der Waals surface area contributed by atoms with Gasteiger partial charge in [0.1, 0.15) is 16.9 Å². The van der Waals surface area contributed by atoms with Gasteiger partial charge in [0.05, 0.1) is 16.4 Å². The molecule has 0 amide bonds. The zero-order chi connectivity index (χ0) is 33.2. The van der Waals surface area contributed by atoms with Crippen molar-refractivity contribution < 1.29 is 28.1 Å². The monoisotopic (exact) mass is 692 g/mol. The molecule has 0 aliphatic carbocycles. The van der Waals surface area contributed by atoms with Crippen molar-refractivity contribution >= 4 is 65.9 Å². The number of nitrogens with zero attached hydrogens (tertiary/aromatic N) is 2. The molecular weight excluding hydrogens is 663 g/mol. The number of aromatic hydroxyl groups is 1. The Kier molecular flexibility index (Phi) is 7.43. The topological polar surface area (TPSA) is 52.4 Å². The first-order valence-corrected chi connectivity index (χ1v) is 16.8. The van der Waals surface area contributed by atoms with Crippen molar-refractivity contribution in [3.8, 4) is 33.7 Å². The van der Waals surface area contributed by atoms with E-state index in [0.29, 0.717) is 16.7 Å². The van der Waals surface area contributed by atoms with Crippen LogP contribution in [0.25, 0.3) is 87.8 Å². The Labute approximate surface area is 306 Å². The molecular formula is C46H29N2O2V-. The summed E-state index contributed by atoms with van der Waals surface area (Å²) in [6.07, 6.45) is 0. The van der Waals surface area contributed by atoms with E-state index in [1.165, 1.54) is 38.2 Å². The van der Waals surface area contributed by atoms with Gasteiger partial charge in [-0.2, -0.15) is 0 Å². The summed E-state index contributed by atoms with van der Waals surface area (Å²) in [5.74, 6) is 0.108. The van der Waals surface area contributed by atoms with Gasteiger partial charge >= 0.3 is 0 Å². The van der Waals surface area contributed by atoms with Crippen LogP contribution in [0, 0.1) is 0 Å². The Hall–Kier alpha value is -6.20. The number of furan rings is 1. The molecule has 1 radical (unpaired) electrons. The van der Waals surface area contributed by atoms with Gasteiger partial charge in [-0.1, -0.05) is 145 Å². The molecule has 0 spiro atoms. The molecule has 0 bridgehead atoms. The third kappa shape index (κ3) is 4.91. The van der Waals surface area contributed by atoms with Gasteiger partial charge in [0.2, 0.25) is 0 Å². The molecule has 0 saturated heterocycles. The largest absolute Gasteiger partial charge is 0.655 e. The molecule has 4 nitrogen and oxygen atoms in total. The van der Waals surface area contributed by atoms with E-state index in [1.54, 1.807) is 0 Å². The number of aromatic nitrogens is 1. The first-order valence-electron chi connectivity index (χ1n) is 16.8. The molecule has 8 aromatic carbocycles. The van der Waals surface area contributed by atoms with Crippen molar-refractivity contribution in [2.24, 2.45) is 0 Å². The smallest absolute Gasteiger partial charge is 0.146 e. The van der Waals surface area contributed by atoms with Crippen molar-refractivity contribution in [3.05, 3.63) is 175 Å². The summed E-state index contributed by atoms with van der Waals surface area (Å²) in [6.45, 7) is 0. The average molecular weight is 693 g/mol. The molecule has 241 valence electrons. The van der Waals surface area contributed by atoms with Gasteiger partial charge in [-0.05, 0) is 52.4 Å². The molecule has 2 heterocycles. The SMILES string of the molecule is Oc1c([N-]c2ccc(-n3c4ccccc4c4cc(-c5ccccc5)c5ccccc5c43)cc2)cc(-c2ccccc2)c2oc3ccccc3c12.[V]. The number of rotatable bonds is 5. The van der Waals surface area contributed by atoms with E-state index in [9.17, 15) is 5.11 Å². The Balaban J connectivity index is 0.00000348. The summed E-state index contributed by atoms with van der Waals surface area (Å²) < 4.78 is 8.67. The number of para-hydroxylation sites is 2. The van der Waals surface area contributed by atoms with Gasteiger partial charge in [-0.3, -0.25) is 0 Å². The van der Waals surface area contributed by atoms with Crippen LogP contribution in [0.5, 0.6) is 5.75 Å². The van der Waals surface area contributed by atoms with Gasteiger partial charge in [0, 0.05) is 51.4 Å². The molecule has 0 fully saturated rings. The minimum atomic E-state index is 0. The van der Waals surface area contributed by atoms with Crippen molar-refractivity contribution in [2.45, 2.75) is 0 Å². The standard InChI is InChI=1S/C46H29N2O2.V/c49-45-40(28-38(30-15-5-2-6-16-30)46-43(45)36-20-10-12-22-42(36)50-46)47-31-23-25-32(26-24-31)48-41-21-11-9-18-34(41)39-27-37(29-13-3-1-4-14-29)33-17-7-8-19-35(33)44(39)48;/h1-28,49H;/q-1;. The van der Waals surface area contributed by atoms with Crippen LogP contribution >= 0.6 is 0 Å². The van der Waals surface area contributed by atoms with Gasteiger partial charge in [0.25, 0.3) is 0 Å². The van der Waals surface area contributed by atoms with E-state index in [1.807, 2.05) is 60.7 Å². The number of phenolic OH excluding ortho intramolecular Hbond substituents is 1. The molecule has 1 N–H and O–H groups in total. The molecule has 0 atom stereocenters. The van der Waals surface area contributed by atoms with Crippen LogP contribution in [0.4, 0.5) is 11.4 Å². The van der Waals surface area contributed by atoms with Crippen molar-refractivity contribution in [1.82, 2.24) is 4.57 Å². The maximum atomic E-state index is 11.7. The Morgan fingerprint density at radius 1 is 0.510 bits per heavy atom. The molecule has 0 aliphatic heterocycles. The fraction of sp³-hybridized carbons (Fsp3) is 0. The van der Waals surface area contributed by atoms with Gasteiger partial charge in [-0.15, -0.1) is 5.69 Å².